The highest BCUT2D eigenvalue weighted by atomic mass is 16.5. The van der Waals surface area contributed by atoms with Gasteiger partial charge in [0, 0.05) is 5.92 Å². The van der Waals surface area contributed by atoms with Crippen LogP contribution in [0, 0.1) is 5.92 Å². The lowest BCUT2D eigenvalue weighted by atomic mass is 9.96. The molecule has 0 radical (unpaired) electrons. The second-order valence-corrected chi connectivity index (χ2v) is 4.57. The first-order valence-corrected chi connectivity index (χ1v) is 6.24. The molecule has 0 bridgehead atoms. The Balaban J connectivity index is 2.31. The fourth-order valence-electron chi connectivity index (χ4n) is 1.79. The molecule has 0 amide bonds. The van der Waals surface area contributed by atoms with Gasteiger partial charge in [0.2, 0.25) is 11.7 Å². The maximum Gasteiger partial charge on any atom is 0.307 e. The van der Waals surface area contributed by atoms with E-state index in [0.29, 0.717) is 23.0 Å². The van der Waals surface area contributed by atoms with E-state index in [1.165, 1.54) is 0 Å². The lowest BCUT2D eigenvalue weighted by Gasteiger charge is -2.10. The fraction of sp³-hybridized carbons (Fsp3) is 0.357. The Labute approximate surface area is 116 Å². The summed E-state index contributed by atoms with van der Waals surface area (Å²) in [4.78, 5) is 15.3. The van der Waals surface area contributed by atoms with Gasteiger partial charge in [-0.15, -0.1) is 0 Å². The van der Waals surface area contributed by atoms with Gasteiger partial charge in [-0.2, -0.15) is 4.98 Å². The molecule has 0 spiro atoms. The van der Waals surface area contributed by atoms with E-state index in [-0.39, 0.29) is 5.92 Å². The first kappa shape index (κ1) is 14.0. The van der Waals surface area contributed by atoms with Gasteiger partial charge in [0.15, 0.2) is 0 Å². The van der Waals surface area contributed by atoms with Crippen molar-refractivity contribution in [2.75, 3.05) is 7.11 Å². The van der Waals surface area contributed by atoms with Crippen LogP contribution < -0.4 is 4.74 Å². The van der Waals surface area contributed by atoms with Gasteiger partial charge in [0.1, 0.15) is 5.75 Å². The maximum absolute atomic E-state index is 11.0. The fourth-order valence-corrected chi connectivity index (χ4v) is 1.79. The third-order valence-electron chi connectivity index (χ3n) is 3.32. The zero-order chi connectivity index (χ0) is 14.7. The molecule has 0 saturated heterocycles. The van der Waals surface area contributed by atoms with Crippen LogP contribution in [-0.4, -0.2) is 28.3 Å². The van der Waals surface area contributed by atoms with Crippen molar-refractivity contribution >= 4 is 5.97 Å². The number of hydrogen-bond acceptors (Lipinski definition) is 5. The van der Waals surface area contributed by atoms with Crippen molar-refractivity contribution < 1.29 is 19.2 Å². The Morgan fingerprint density at radius 3 is 2.70 bits per heavy atom. The van der Waals surface area contributed by atoms with Crippen LogP contribution >= 0.6 is 0 Å². The number of carbonyl (C=O) groups is 1. The van der Waals surface area contributed by atoms with Crippen molar-refractivity contribution in [3.05, 3.63) is 30.2 Å². The van der Waals surface area contributed by atoms with Crippen LogP contribution in [0.3, 0.4) is 0 Å². The number of aromatic nitrogens is 2. The molecule has 1 heterocycles. The molecule has 1 N–H and O–H groups in total. The summed E-state index contributed by atoms with van der Waals surface area (Å²) in [5.74, 6) is -0.513. The second kappa shape index (κ2) is 5.73. The molecule has 0 aliphatic carbocycles. The third-order valence-corrected chi connectivity index (χ3v) is 3.32. The van der Waals surface area contributed by atoms with E-state index in [9.17, 15) is 4.79 Å². The van der Waals surface area contributed by atoms with Gasteiger partial charge >= 0.3 is 5.97 Å². The number of hydrogen-bond donors (Lipinski definition) is 1. The highest BCUT2D eigenvalue weighted by molar-refractivity contribution is 5.70. The molecule has 2 unspecified atom stereocenters. The van der Waals surface area contributed by atoms with E-state index in [1.54, 1.807) is 27.0 Å². The number of aliphatic carboxylic acids is 1. The number of carboxylic acids is 1. The van der Waals surface area contributed by atoms with Gasteiger partial charge in [0.25, 0.3) is 0 Å². The monoisotopic (exact) mass is 276 g/mol. The van der Waals surface area contributed by atoms with E-state index in [1.807, 2.05) is 18.2 Å². The van der Waals surface area contributed by atoms with Crippen molar-refractivity contribution in [2.45, 2.75) is 19.8 Å². The molecule has 1 aromatic carbocycles. The summed E-state index contributed by atoms with van der Waals surface area (Å²) in [5.41, 5.74) is 0.708. The smallest absolute Gasteiger partial charge is 0.307 e. The Morgan fingerprint density at radius 2 is 2.05 bits per heavy atom. The number of ether oxygens (including phenoxy) is 1. The van der Waals surface area contributed by atoms with E-state index < -0.39 is 11.9 Å². The zero-order valence-electron chi connectivity index (χ0n) is 11.5. The van der Waals surface area contributed by atoms with Crippen molar-refractivity contribution in [1.82, 2.24) is 10.1 Å². The third kappa shape index (κ3) is 2.64. The normalized spacial score (nSPS) is 13.8. The molecule has 6 heteroatoms. The summed E-state index contributed by atoms with van der Waals surface area (Å²) in [6, 6.07) is 7.31. The molecule has 106 valence electrons. The van der Waals surface area contributed by atoms with Crippen molar-refractivity contribution in [1.29, 1.82) is 0 Å². The molecule has 0 saturated carbocycles. The van der Waals surface area contributed by atoms with Gasteiger partial charge in [-0.05, 0) is 12.1 Å². The van der Waals surface area contributed by atoms with Crippen LogP contribution in [0.4, 0.5) is 0 Å². The molecule has 2 atom stereocenters. The molecular formula is C14H16N2O4. The van der Waals surface area contributed by atoms with Crippen molar-refractivity contribution in [3.8, 4) is 17.1 Å². The Kier molecular flexibility index (Phi) is 4.02. The summed E-state index contributed by atoms with van der Waals surface area (Å²) >= 11 is 0. The second-order valence-electron chi connectivity index (χ2n) is 4.57. The predicted octanol–water partition coefficient (Wildman–Crippen LogP) is 2.57. The van der Waals surface area contributed by atoms with E-state index >= 15 is 0 Å². The van der Waals surface area contributed by atoms with Crippen LogP contribution in [0.5, 0.6) is 5.75 Å². The largest absolute Gasteiger partial charge is 0.496 e. The minimum absolute atomic E-state index is 0.306. The minimum Gasteiger partial charge on any atom is -0.496 e. The lowest BCUT2D eigenvalue weighted by molar-refractivity contribution is -0.141. The summed E-state index contributed by atoms with van der Waals surface area (Å²) in [6.45, 7) is 3.36. The Morgan fingerprint density at radius 1 is 1.35 bits per heavy atom. The molecule has 20 heavy (non-hydrogen) atoms. The molecule has 0 aliphatic heterocycles. The molecular weight excluding hydrogens is 260 g/mol. The summed E-state index contributed by atoms with van der Waals surface area (Å²) in [6.07, 6.45) is 0. The number of carboxylic acid groups (broad SMARTS) is 1. The number of methoxy groups -OCH3 is 1. The first-order chi connectivity index (χ1) is 9.54. The Bertz CT molecular complexity index is 609. The topological polar surface area (TPSA) is 85.5 Å². The first-order valence-electron chi connectivity index (χ1n) is 6.24. The van der Waals surface area contributed by atoms with Gasteiger partial charge < -0.3 is 14.4 Å². The van der Waals surface area contributed by atoms with Gasteiger partial charge in [-0.3, -0.25) is 4.79 Å². The van der Waals surface area contributed by atoms with Gasteiger partial charge in [0.05, 0.1) is 18.6 Å². The average molecular weight is 276 g/mol. The number of benzene rings is 1. The van der Waals surface area contributed by atoms with E-state index in [4.69, 9.17) is 14.4 Å². The van der Waals surface area contributed by atoms with E-state index in [2.05, 4.69) is 10.1 Å². The molecule has 6 nitrogen and oxygen atoms in total. The van der Waals surface area contributed by atoms with Crippen LogP contribution in [0.1, 0.15) is 25.7 Å². The average Bonchev–Trinajstić information content (AvgIpc) is 2.95. The predicted molar refractivity (Wildman–Crippen MR) is 71.5 cm³/mol. The molecule has 2 rings (SSSR count). The van der Waals surface area contributed by atoms with Gasteiger partial charge in [-0.1, -0.05) is 31.1 Å². The molecule has 2 aromatic rings. The number of nitrogens with zero attached hydrogens (tertiary/aromatic N) is 2. The molecule has 0 fully saturated rings. The highest BCUT2D eigenvalue weighted by Crippen LogP contribution is 2.30. The summed E-state index contributed by atoms with van der Waals surface area (Å²) in [5, 5.41) is 12.9. The van der Waals surface area contributed by atoms with Gasteiger partial charge in [-0.25, -0.2) is 0 Å². The zero-order valence-corrected chi connectivity index (χ0v) is 11.5. The van der Waals surface area contributed by atoms with E-state index in [0.717, 1.165) is 0 Å². The van der Waals surface area contributed by atoms with Crippen LogP contribution in [-0.2, 0) is 4.79 Å². The summed E-state index contributed by atoms with van der Waals surface area (Å²) < 4.78 is 10.4. The SMILES string of the molecule is COc1ccccc1-c1noc(C(C)C(C)C(=O)O)n1. The lowest BCUT2D eigenvalue weighted by Crippen LogP contribution is -2.16. The molecule has 0 aliphatic rings. The van der Waals surface area contributed by atoms with Crippen LogP contribution in [0.15, 0.2) is 28.8 Å². The standard InChI is InChI=1S/C14H16N2O4/c1-8(9(2)14(17)18)13-15-12(16-20-13)10-6-4-5-7-11(10)19-3/h4-9H,1-3H3,(H,17,18). The van der Waals surface area contributed by atoms with Crippen LogP contribution in [0.25, 0.3) is 11.4 Å². The Hall–Kier alpha value is -2.37. The number of para-hydroxylation sites is 1. The van der Waals surface area contributed by atoms with Crippen LogP contribution in [0.2, 0.25) is 0 Å². The van der Waals surface area contributed by atoms with Crippen molar-refractivity contribution in [3.63, 3.8) is 0 Å². The quantitative estimate of drug-likeness (QED) is 0.903. The molecule has 1 aromatic heterocycles. The van der Waals surface area contributed by atoms with Crippen molar-refractivity contribution in [2.24, 2.45) is 5.92 Å². The minimum atomic E-state index is -0.894. The maximum atomic E-state index is 11.0. The number of rotatable bonds is 5. The highest BCUT2D eigenvalue weighted by Gasteiger charge is 2.26. The summed E-state index contributed by atoms with van der Waals surface area (Å²) in [7, 11) is 1.56.